The van der Waals surface area contributed by atoms with Gasteiger partial charge in [0.05, 0.1) is 28.5 Å². The zero-order valence-corrected chi connectivity index (χ0v) is 17.0. The molecule has 4 heterocycles. The summed E-state index contributed by atoms with van der Waals surface area (Å²) in [4.78, 5) is 26.7. The number of amides is 2. The molecule has 0 spiro atoms. The van der Waals surface area contributed by atoms with E-state index in [1.807, 2.05) is 47.6 Å². The number of carbonyl (C=O) groups excluding carboxylic acids is 2. The molecule has 2 N–H and O–H groups in total. The maximum Gasteiger partial charge on any atom is 0.256 e. The van der Waals surface area contributed by atoms with Crippen LogP contribution in [-0.2, 0) is 4.79 Å². The van der Waals surface area contributed by atoms with Crippen LogP contribution in [0.5, 0.6) is 0 Å². The maximum absolute atomic E-state index is 13.4. The highest BCUT2D eigenvalue weighted by Crippen LogP contribution is 2.34. The Morgan fingerprint density at radius 3 is 2.50 bits per heavy atom. The van der Waals surface area contributed by atoms with Crippen molar-refractivity contribution in [1.29, 1.82) is 0 Å². The van der Waals surface area contributed by atoms with Crippen LogP contribution in [-0.4, -0.2) is 44.0 Å². The van der Waals surface area contributed by atoms with Crippen LogP contribution < -0.4 is 5.73 Å². The van der Waals surface area contributed by atoms with E-state index in [1.165, 1.54) is 12.8 Å². The molecular formula is C23H27N5O2. The minimum Gasteiger partial charge on any atom is -0.369 e. The van der Waals surface area contributed by atoms with Crippen molar-refractivity contribution < 1.29 is 9.59 Å². The van der Waals surface area contributed by atoms with Gasteiger partial charge in [-0.15, -0.1) is 0 Å². The normalized spacial score (nSPS) is 18.3. The Kier molecular flexibility index (Phi) is 4.81. The Labute approximate surface area is 175 Å². The fourth-order valence-electron chi connectivity index (χ4n) is 5.02. The highest BCUT2D eigenvalue weighted by Gasteiger charge is 2.29. The molecule has 2 amide bonds. The van der Waals surface area contributed by atoms with Crippen LogP contribution in [0.4, 0.5) is 0 Å². The van der Waals surface area contributed by atoms with E-state index < -0.39 is 0 Å². The third-order valence-corrected chi connectivity index (χ3v) is 6.69. The first-order valence-electron chi connectivity index (χ1n) is 10.9. The third kappa shape index (κ3) is 3.18. The van der Waals surface area contributed by atoms with Gasteiger partial charge in [-0.05, 0) is 49.9 Å². The number of fused-ring (bicyclic) bond motifs is 1. The van der Waals surface area contributed by atoms with Crippen molar-refractivity contribution in [3.8, 4) is 11.4 Å². The average molecular weight is 406 g/mol. The Bertz CT molecular complexity index is 1080. The number of rotatable bonds is 4. The van der Waals surface area contributed by atoms with Gasteiger partial charge in [0.15, 0.2) is 0 Å². The number of hydrogen-bond acceptors (Lipinski definition) is 3. The zero-order valence-electron chi connectivity index (χ0n) is 17.0. The Morgan fingerprint density at radius 1 is 1.00 bits per heavy atom. The zero-order chi connectivity index (χ0) is 20.7. The first-order chi connectivity index (χ1) is 14.6. The van der Waals surface area contributed by atoms with Crippen molar-refractivity contribution in [3.63, 3.8) is 0 Å². The number of nitrogens with two attached hydrogens (primary N) is 1. The summed E-state index contributed by atoms with van der Waals surface area (Å²) in [6.07, 6.45) is 9.91. The van der Waals surface area contributed by atoms with Crippen LogP contribution in [0, 0.1) is 5.92 Å². The van der Waals surface area contributed by atoms with E-state index in [-0.39, 0.29) is 17.7 Å². The SMILES string of the molecule is NC(=O)C1CCN(C(=O)c2cc(-c3ccnn3C3CCCC3)n3ccccc23)CC1. The second-order valence-corrected chi connectivity index (χ2v) is 8.47. The van der Waals surface area contributed by atoms with Crippen LogP contribution in [0.15, 0.2) is 42.7 Å². The summed E-state index contributed by atoms with van der Waals surface area (Å²) in [6.45, 7) is 1.12. The predicted molar refractivity (Wildman–Crippen MR) is 114 cm³/mol. The summed E-state index contributed by atoms with van der Waals surface area (Å²) in [5.74, 6) is -0.380. The van der Waals surface area contributed by atoms with E-state index in [0.717, 1.165) is 29.7 Å². The van der Waals surface area contributed by atoms with Crippen molar-refractivity contribution in [2.24, 2.45) is 11.7 Å². The van der Waals surface area contributed by atoms with Gasteiger partial charge < -0.3 is 15.0 Å². The first kappa shape index (κ1) is 18.9. The number of nitrogens with zero attached hydrogens (tertiary/aromatic N) is 4. The van der Waals surface area contributed by atoms with Crippen LogP contribution in [0.1, 0.15) is 54.9 Å². The van der Waals surface area contributed by atoms with Crippen LogP contribution in [0.3, 0.4) is 0 Å². The molecule has 30 heavy (non-hydrogen) atoms. The predicted octanol–water partition coefficient (Wildman–Crippen LogP) is 3.26. The molecule has 5 rings (SSSR count). The van der Waals surface area contributed by atoms with E-state index >= 15 is 0 Å². The lowest BCUT2D eigenvalue weighted by Gasteiger charge is -2.30. The number of hydrogen-bond donors (Lipinski definition) is 1. The van der Waals surface area contributed by atoms with Crippen LogP contribution in [0.2, 0.25) is 0 Å². The number of likely N-dealkylation sites (tertiary alicyclic amines) is 1. The molecule has 7 heteroatoms. The van der Waals surface area contributed by atoms with Gasteiger partial charge >= 0.3 is 0 Å². The second kappa shape index (κ2) is 7.63. The molecule has 0 unspecified atom stereocenters. The number of primary amides is 1. The molecule has 1 saturated carbocycles. The van der Waals surface area contributed by atoms with Gasteiger partial charge in [-0.2, -0.15) is 5.10 Å². The minimum absolute atomic E-state index is 0.0137. The van der Waals surface area contributed by atoms with Gasteiger partial charge in [-0.1, -0.05) is 18.9 Å². The molecule has 2 aliphatic rings. The summed E-state index contributed by atoms with van der Waals surface area (Å²) < 4.78 is 4.22. The van der Waals surface area contributed by atoms with Crippen LogP contribution >= 0.6 is 0 Å². The van der Waals surface area contributed by atoms with E-state index in [2.05, 4.69) is 14.2 Å². The van der Waals surface area contributed by atoms with Crippen molar-refractivity contribution in [1.82, 2.24) is 19.1 Å². The van der Waals surface area contributed by atoms with Gasteiger partial charge in [-0.25, -0.2) is 0 Å². The molecule has 156 valence electrons. The fourth-order valence-corrected chi connectivity index (χ4v) is 5.02. The summed E-state index contributed by atoms with van der Waals surface area (Å²) in [7, 11) is 0. The molecule has 0 radical (unpaired) electrons. The molecule has 1 saturated heterocycles. The van der Waals surface area contributed by atoms with E-state index in [1.54, 1.807) is 0 Å². The molecule has 3 aromatic heterocycles. The smallest absolute Gasteiger partial charge is 0.256 e. The topological polar surface area (TPSA) is 85.6 Å². The highest BCUT2D eigenvalue weighted by molar-refractivity contribution is 6.03. The molecule has 7 nitrogen and oxygen atoms in total. The van der Waals surface area contributed by atoms with Crippen molar-refractivity contribution >= 4 is 17.3 Å². The van der Waals surface area contributed by atoms with Gasteiger partial charge in [-0.3, -0.25) is 14.3 Å². The first-order valence-corrected chi connectivity index (χ1v) is 10.9. The summed E-state index contributed by atoms with van der Waals surface area (Å²) in [6, 6.07) is 10.4. The summed E-state index contributed by atoms with van der Waals surface area (Å²) in [5, 5.41) is 4.61. The molecule has 3 aromatic rings. The minimum atomic E-state index is -0.265. The van der Waals surface area contributed by atoms with Gasteiger partial charge in [0.2, 0.25) is 5.91 Å². The Morgan fingerprint density at radius 2 is 1.77 bits per heavy atom. The fraction of sp³-hybridized carbons (Fsp3) is 0.435. The van der Waals surface area contributed by atoms with Gasteiger partial charge in [0, 0.05) is 31.4 Å². The highest BCUT2D eigenvalue weighted by atomic mass is 16.2. The molecule has 0 atom stereocenters. The quantitative estimate of drug-likeness (QED) is 0.723. The molecule has 0 aromatic carbocycles. The lowest BCUT2D eigenvalue weighted by Crippen LogP contribution is -2.41. The molecule has 1 aliphatic carbocycles. The molecular weight excluding hydrogens is 378 g/mol. The van der Waals surface area contributed by atoms with Crippen molar-refractivity contribution in [2.45, 2.75) is 44.6 Å². The average Bonchev–Trinajstić information content (AvgIpc) is 3.51. The molecule has 0 bridgehead atoms. The Balaban J connectivity index is 1.50. The lowest BCUT2D eigenvalue weighted by atomic mass is 9.96. The van der Waals surface area contributed by atoms with E-state index in [4.69, 9.17) is 5.73 Å². The van der Waals surface area contributed by atoms with E-state index in [0.29, 0.717) is 37.5 Å². The standard InChI is InChI=1S/C23H27N5O2/c24-22(29)16-9-13-26(14-10-16)23(30)18-15-21(27-12-4-3-7-19(18)27)20-8-11-25-28(20)17-5-1-2-6-17/h3-4,7-8,11-12,15-17H,1-2,5-6,9-10,13-14H2,(H2,24,29). The number of piperidine rings is 1. The lowest BCUT2D eigenvalue weighted by molar-refractivity contribution is -0.123. The largest absolute Gasteiger partial charge is 0.369 e. The van der Waals surface area contributed by atoms with Gasteiger partial charge in [0.25, 0.3) is 5.91 Å². The number of aromatic nitrogens is 3. The number of pyridine rings is 1. The van der Waals surface area contributed by atoms with Crippen molar-refractivity contribution in [2.75, 3.05) is 13.1 Å². The maximum atomic E-state index is 13.4. The Hall–Kier alpha value is -3.09. The molecule has 2 fully saturated rings. The number of carbonyl (C=O) groups is 2. The second-order valence-electron chi connectivity index (χ2n) is 8.47. The third-order valence-electron chi connectivity index (χ3n) is 6.69. The van der Waals surface area contributed by atoms with Crippen molar-refractivity contribution in [3.05, 3.63) is 48.3 Å². The van der Waals surface area contributed by atoms with Crippen LogP contribution in [0.25, 0.3) is 16.9 Å². The van der Waals surface area contributed by atoms with Gasteiger partial charge in [0.1, 0.15) is 0 Å². The summed E-state index contributed by atoms with van der Waals surface area (Å²) >= 11 is 0. The molecule has 1 aliphatic heterocycles. The monoisotopic (exact) mass is 405 g/mol. The van der Waals surface area contributed by atoms with E-state index in [9.17, 15) is 9.59 Å². The summed E-state index contributed by atoms with van der Waals surface area (Å²) in [5.41, 5.74) is 9.08.